The lowest BCUT2D eigenvalue weighted by Gasteiger charge is -2.25. The highest BCUT2D eigenvalue weighted by atomic mass is 16.3. The van der Waals surface area contributed by atoms with E-state index >= 15 is 0 Å². The lowest BCUT2D eigenvalue weighted by molar-refractivity contribution is -0.134. The van der Waals surface area contributed by atoms with Gasteiger partial charge in [0.2, 0.25) is 11.8 Å². The second kappa shape index (κ2) is 6.56. The number of amides is 2. The molecule has 0 aliphatic carbocycles. The average Bonchev–Trinajstić information content (AvgIpc) is 3.06. The van der Waals surface area contributed by atoms with Crippen molar-refractivity contribution < 1.29 is 14.0 Å². The van der Waals surface area contributed by atoms with E-state index in [1.54, 1.807) is 31.3 Å². The smallest absolute Gasteiger partial charge is 0.239 e. The zero-order valence-electron chi connectivity index (χ0n) is 12.0. The molecule has 20 heavy (non-hydrogen) atoms. The van der Waals surface area contributed by atoms with Crippen LogP contribution in [-0.2, 0) is 16.1 Å². The Morgan fingerprint density at radius 3 is 2.95 bits per heavy atom. The minimum atomic E-state index is -0.167. The van der Waals surface area contributed by atoms with Crippen LogP contribution in [0.4, 0.5) is 0 Å². The Bertz CT molecular complexity index is 456. The molecule has 1 aliphatic heterocycles. The molecule has 1 fully saturated rings. The van der Waals surface area contributed by atoms with E-state index in [9.17, 15) is 9.59 Å². The highest BCUT2D eigenvalue weighted by Gasteiger charge is 2.32. The standard InChI is InChI=1S/C14H21N3O3/c1-16(2)14(19)12-6-3-7-17(12)10-13(18)15-9-11-5-4-8-20-11/h4-5,8,12H,3,6-7,9-10H2,1-2H3,(H,15,18). The van der Waals surface area contributed by atoms with Gasteiger partial charge in [0.25, 0.3) is 0 Å². The molecule has 6 heteroatoms. The number of carbonyl (C=O) groups is 2. The first kappa shape index (κ1) is 14.6. The molecule has 1 aromatic heterocycles. The third kappa shape index (κ3) is 3.60. The number of nitrogens with zero attached hydrogens (tertiary/aromatic N) is 2. The van der Waals surface area contributed by atoms with Crippen molar-refractivity contribution in [3.63, 3.8) is 0 Å². The van der Waals surface area contributed by atoms with Gasteiger partial charge in [-0.05, 0) is 31.5 Å². The third-order valence-electron chi connectivity index (χ3n) is 3.48. The Labute approximate surface area is 118 Å². The summed E-state index contributed by atoms with van der Waals surface area (Å²) in [6, 6.07) is 3.43. The summed E-state index contributed by atoms with van der Waals surface area (Å²) < 4.78 is 5.16. The number of furan rings is 1. The second-order valence-electron chi connectivity index (χ2n) is 5.22. The fourth-order valence-corrected chi connectivity index (χ4v) is 2.43. The van der Waals surface area contributed by atoms with Gasteiger partial charge in [-0.15, -0.1) is 0 Å². The zero-order chi connectivity index (χ0) is 14.5. The summed E-state index contributed by atoms with van der Waals surface area (Å²) in [7, 11) is 3.49. The van der Waals surface area contributed by atoms with Gasteiger partial charge in [-0.25, -0.2) is 0 Å². The van der Waals surface area contributed by atoms with Crippen LogP contribution in [0.25, 0.3) is 0 Å². The van der Waals surface area contributed by atoms with Gasteiger partial charge in [-0.1, -0.05) is 0 Å². The molecule has 2 amide bonds. The van der Waals surface area contributed by atoms with E-state index in [4.69, 9.17) is 4.42 Å². The van der Waals surface area contributed by atoms with E-state index in [1.807, 2.05) is 11.0 Å². The van der Waals surface area contributed by atoms with Crippen LogP contribution >= 0.6 is 0 Å². The Hall–Kier alpha value is -1.82. The van der Waals surface area contributed by atoms with E-state index in [-0.39, 0.29) is 24.4 Å². The van der Waals surface area contributed by atoms with Crippen LogP contribution in [0.2, 0.25) is 0 Å². The average molecular weight is 279 g/mol. The van der Waals surface area contributed by atoms with Crippen LogP contribution in [0, 0.1) is 0 Å². The molecule has 110 valence electrons. The first-order valence-corrected chi connectivity index (χ1v) is 6.82. The van der Waals surface area contributed by atoms with Crippen molar-refractivity contribution in [1.82, 2.24) is 15.1 Å². The van der Waals surface area contributed by atoms with Gasteiger partial charge in [0.1, 0.15) is 5.76 Å². The summed E-state index contributed by atoms with van der Waals surface area (Å²) in [6.07, 6.45) is 3.35. The van der Waals surface area contributed by atoms with Gasteiger partial charge in [-0.3, -0.25) is 14.5 Å². The maximum absolute atomic E-state index is 12.0. The van der Waals surface area contributed by atoms with Gasteiger partial charge >= 0.3 is 0 Å². The quantitative estimate of drug-likeness (QED) is 0.850. The minimum Gasteiger partial charge on any atom is -0.467 e. The molecule has 0 saturated carbocycles. The minimum absolute atomic E-state index is 0.0707. The van der Waals surface area contributed by atoms with Gasteiger partial charge in [0, 0.05) is 14.1 Å². The summed E-state index contributed by atoms with van der Waals surface area (Å²) in [4.78, 5) is 27.5. The Balaban J connectivity index is 1.82. The van der Waals surface area contributed by atoms with E-state index in [2.05, 4.69) is 5.32 Å². The lowest BCUT2D eigenvalue weighted by atomic mass is 10.2. The van der Waals surface area contributed by atoms with Gasteiger partial charge in [0.05, 0.1) is 25.4 Å². The number of hydrogen-bond donors (Lipinski definition) is 1. The zero-order valence-corrected chi connectivity index (χ0v) is 12.0. The molecular weight excluding hydrogens is 258 g/mol. The van der Waals surface area contributed by atoms with E-state index in [0.717, 1.165) is 25.1 Å². The summed E-state index contributed by atoms with van der Waals surface area (Å²) in [5, 5.41) is 2.80. The topological polar surface area (TPSA) is 65.8 Å². The van der Waals surface area contributed by atoms with Crippen molar-refractivity contribution in [2.75, 3.05) is 27.2 Å². The van der Waals surface area contributed by atoms with Crippen LogP contribution in [0.5, 0.6) is 0 Å². The molecule has 6 nitrogen and oxygen atoms in total. The van der Waals surface area contributed by atoms with Gasteiger partial charge in [0.15, 0.2) is 0 Å². The summed E-state index contributed by atoms with van der Waals surface area (Å²) in [5.41, 5.74) is 0. The van der Waals surface area contributed by atoms with Crippen molar-refractivity contribution in [1.29, 1.82) is 0 Å². The lowest BCUT2D eigenvalue weighted by Crippen LogP contribution is -2.46. The number of carbonyl (C=O) groups excluding carboxylic acids is 2. The molecular formula is C14H21N3O3. The van der Waals surface area contributed by atoms with E-state index < -0.39 is 0 Å². The highest BCUT2D eigenvalue weighted by molar-refractivity contribution is 5.83. The Kier molecular flexibility index (Phi) is 4.79. The summed E-state index contributed by atoms with van der Waals surface area (Å²) >= 11 is 0. The molecule has 2 rings (SSSR count). The van der Waals surface area contributed by atoms with Crippen LogP contribution in [0.15, 0.2) is 22.8 Å². The molecule has 0 aromatic carbocycles. The molecule has 1 N–H and O–H groups in total. The van der Waals surface area contributed by atoms with Gasteiger partial charge in [-0.2, -0.15) is 0 Å². The predicted octanol–water partition coefficient (Wildman–Crippen LogP) is 0.448. The molecule has 1 aromatic rings. The number of rotatable bonds is 5. The monoisotopic (exact) mass is 279 g/mol. The Morgan fingerprint density at radius 2 is 2.30 bits per heavy atom. The Morgan fingerprint density at radius 1 is 1.50 bits per heavy atom. The number of hydrogen-bond acceptors (Lipinski definition) is 4. The molecule has 0 radical (unpaired) electrons. The van der Waals surface area contributed by atoms with Crippen molar-refractivity contribution in [2.45, 2.75) is 25.4 Å². The number of likely N-dealkylation sites (tertiary alicyclic amines) is 1. The fraction of sp³-hybridized carbons (Fsp3) is 0.571. The highest BCUT2D eigenvalue weighted by Crippen LogP contribution is 2.18. The van der Waals surface area contributed by atoms with Crippen molar-refractivity contribution in [3.05, 3.63) is 24.2 Å². The molecule has 0 spiro atoms. The molecule has 2 heterocycles. The van der Waals surface area contributed by atoms with Gasteiger partial charge < -0.3 is 14.6 Å². The second-order valence-corrected chi connectivity index (χ2v) is 5.22. The normalized spacial score (nSPS) is 19.0. The van der Waals surface area contributed by atoms with Crippen molar-refractivity contribution >= 4 is 11.8 Å². The van der Waals surface area contributed by atoms with Crippen LogP contribution in [0.3, 0.4) is 0 Å². The summed E-state index contributed by atoms with van der Waals surface area (Å²) in [6.45, 7) is 1.43. The largest absolute Gasteiger partial charge is 0.467 e. The number of nitrogens with one attached hydrogen (secondary N) is 1. The number of likely N-dealkylation sites (N-methyl/N-ethyl adjacent to an activating group) is 1. The molecule has 0 bridgehead atoms. The van der Waals surface area contributed by atoms with Crippen molar-refractivity contribution in [3.8, 4) is 0 Å². The predicted molar refractivity (Wildman–Crippen MR) is 73.8 cm³/mol. The first-order valence-electron chi connectivity index (χ1n) is 6.82. The first-order chi connectivity index (χ1) is 9.58. The molecule has 1 unspecified atom stereocenters. The summed E-state index contributed by atoms with van der Waals surface area (Å²) in [5.74, 6) is 0.710. The van der Waals surface area contributed by atoms with E-state index in [0.29, 0.717) is 6.54 Å². The van der Waals surface area contributed by atoms with E-state index in [1.165, 1.54) is 0 Å². The molecule has 1 atom stereocenters. The molecule has 1 aliphatic rings. The van der Waals surface area contributed by atoms with Crippen molar-refractivity contribution in [2.24, 2.45) is 0 Å². The fourth-order valence-electron chi connectivity index (χ4n) is 2.43. The van der Waals surface area contributed by atoms with Crippen LogP contribution in [-0.4, -0.2) is 54.8 Å². The third-order valence-corrected chi connectivity index (χ3v) is 3.48. The van der Waals surface area contributed by atoms with Crippen LogP contribution < -0.4 is 5.32 Å². The molecule has 1 saturated heterocycles. The SMILES string of the molecule is CN(C)C(=O)C1CCCN1CC(=O)NCc1ccco1. The maximum atomic E-state index is 12.0. The van der Waals surface area contributed by atoms with Crippen LogP contribution in [0.1, 0.15) is 18.6 Å². The maximum Gasteiger partial charge on any atom is 0.239 e.